The fourth-order valence-electron chi connectivity index (χ4n) is 2.07. The Kier molecular flexibility index (Phi) is 5.96. The molecule has 0 radical (unpaired) electrons. The molecular weight excluding hydrogens is 354 g/mol. The Morgan fingerprint density at radius 2 is 2.19 bits per heavy atom. The van der Waals surface area contributed by atoms with Gasteiger partial charge in [-0.05, 0) is 53.5 Å². The molecule has 0 bridgehead atoms. The maximum Gasteiger partial charge on any atom is 0.283 e. The third kappa shape index (κ3) is 4.66. The van der Waals surface area contributed by atoms with E-state index in [9.17, 15) is 4.79 Å². The maximum atomic E-state index is 11.9. The van der Waals surface area contributed by atoms with E-state index in [1.807, 2.05) is 25.1 Å². The van der Waals surface area contributed by atoms with Crippen LogP contribution in [-0.4, -0.2) is 22.6 Å². The van der Waals surface area contributed by atoms with Crippen LogP contribution in [-0.2, 0) is 13.0 Å². The molecule has 0 fully saturated rings. The monoisotopic (exact) mass is 369 g/mol. The summed E-state index contributed by atoms with van der Waals surface area (Å²) in [6.07, 6.45) is 2.60. The summed E-state index contributed by atoms with van der Waals surface area (Å²) in [6, 6.07) is 7.85. The molecule has 4 nitrogen and oxygen atoms in total. The normalized spacial score (nSPS) is 10.8. The van der Waals surface area contributed by atoms with Crippen molar-refractivity contribution in [1.29, 1.82) is 0 Å². The molecule has 0 amide bonds. The number of benzene rings is 1. The maximum absolute atomic E-state index is 11.9. The smallest absolute Gasteiger partial charge is 0.283 e. The Morgan fingerprint density at radius 3 is 2.95 bits per heavy atom. The van der Waals surface area contributed by atoms with E-state index in [0.717, 1.165) is 30.2 Å². The van der Waals surface area contributed by atoms with Crippen LogP contribution >= 0.6 is 27.5 Å². The van der Waals surface area contributed by atoms with E-state index in [1.54, 1.807) is 10.8 Å². The molecule has 0 aliphatic carbocycles. The van der Waals surface area contributed by atoms with Gasteiger partial charge in [0.1, 0.15) is 0 Å². The molecular formula is C15H17BrClN3O. The van der Waals surface area contributed by atoms with Crippen molar-refractivity contribution in [3.63, 3.8) is 0 Å². The molecule has 0 aliphatic heterocycles. The summed E-state index contributed by atoms with van der Waals surface area (Å²) in [5.74, 6) is 0. The molecule has 0 saturated carbocycles. The lowest BCUT2D eigenvalue weighted by molar-refractivity contribution is 0.571. The van der Waals surface area contributed by atoms with Crippen LogP contribution in [0.2, 0.25) is 5.02 Å². The highest BCUT2D eigenvalue weighted by Crippen LogP contribution is 2.10. The summed E-state index contributed by atoms with van der Waals surface area (Å²) in [5.41, 5.74) is 1.97. The fourth-order valence-corrected chi connectivity index (χ4v) is 2.59. The largest absolute Gasteiger partial charge is 0.315 e. The molecule has 0 unspecified atom stereocenters. The van der Waals surface area contributed by atoms with Crippen LogP contribution < -0.4 is 10.9 Å². The summed E-state index contributed by atoms with van der Waals surface area (Å²) in [5, 5.41) is 4.10. The van der Waals surface area contributed by atoms with Crippen molar-refractivity contribution in [3.8, 4) is 0 Å². The summed E-state index contributed by atoms with van der Waals surface area (Å²) >= 11 is 9.11. The topological polar surface area (TPSA) is 46.9 Å². The van der Waals surface area contributed by atoms with Gasteiger partial charge in [-0.2, -0.15) is 0 Å². The molecule has 21 heavy (non-hydrogen) atoms. The highest BCUT2D eigenvalue weighted by Gasteiger charge is 2.04. The number of nitrogens with one attached hydrogen (secondary N) is 1. The Labute approximate surface area is 137 Å². The predicted molar refractivity (Wildman–Crippen MR) is 89.0 cm³/mol. The number of hydrogen-bond acceptors (Lipinski definition) is 3. The molecule has 112 valence electrons. The Morgan fingerprint density at radius 1 is 1.38 bits per heavy atom. The number of halogens is 2. The molecule has 2 rings (SSSR count). The standard InChI is InChI=1S/C15H17BrClN3O/c1-11-10-19-14(16)15(21)20(11)8-7-18-6-5-12-3-2-4-13(17)9-12/h2-4,9-10,18H,5-8H2,1H3. The van der Waals surface area contributed by atoms with E-state index >= 15 is 0 Å². The third-order valence-electron chi connectivity index (χ3n) is 3.20. The SMILES string of the molecule is Cc1cnc(Br)c(=O)n1CCNCCc1cccc(Cl)c1. The minimum absolute atomic E-state index is 0.0911. The molecule has 0 aliphatic rings. The average molecular weight is 371 g/mol. The van der Waals surface area contributed by atoms with Gasteiger partial charge in [-0.1, -0.05) is 23.7 Å². The van der Waals surface area contributed by atoms with Crippen molar-refractivity contribution < 1.29 is 0 Å². The van der Waals surface area contributed by atoms with E-state index in [0.29, 0.717) is 11.1 Å². The zero-order chi connectivity index (χ0) is 15.2. The van der Waals surface area contributed by atoms with Crippen molar-refractivity contribution in [1.82, 2.24) is 14.9 Å². The van der Waals surface area contributed by atoms with Crippen molar-refractivity contribution in [3.05, 3.63) is 61.7 Å². The second-order valence-corrected chi connectivity index (χ2v) is 5.96. The minimum Gasteiger partial charge on any atom is -0.315 e. The first-order valence-corrected chi connectivity index (χ1v) is 7.92. The molecule has 2 aromatic rings. The van der Waals surface area contributed by atoms with Gasteiger partial charge in [0, 0.05) is 30.0 Å². The van der Waals surface area contributed by atoms with E-state index in [4.69, 9.17) is 11.6 Å². The van der Waals surface area contributed by atoms with Crippen LogP contribution in [0.4, 0.5) is 0 Å². The number of aromatic nitrogens is 2. The molecule has 0 spiro atoms. The lowest BCUT2D eigenvalue weighted by Gasteiger charge is -2.10. The zero-order valence-corrected chi connectivity index (χ0v) is 14.1. The molecule has 1 aromatic heterocycles. The highest BCUT2D eigenvalue weighted by molar-refractivity contribution is 9.10. The second kappa shape index (κ2) is 7.73. The van der Waals surface area contributed by atoms with Gasteiger partial charge in [0.05, 0.1) is 0 Å². The van der Waals surface area contributed by atoms with E-state index in [1.165, 1.54) is 5.56 Å². The molecule has 1 aromatic carbocycles. The molecule has 6 heteroatoms. The summed E-state index contributed by atoms with van der Waals surface area (Å²) in [7, 11) is 0. The van der Waals surface area contributed by atoms with Gasteiger partial charge in [0.2, 0.25) is 0 Å². The van der Waals surface area contributed by atoms with Crippen LogP contribution in [0.25, 0.3) is 0 Å². The summed E-state index contributed by atoms with van der Waals surface area (Å²) in [4.78, 5) is 15.9. The Bertz CT molecular complexity index is 672. The van der Waals surface area contributed by atoms with Crippen LogP contribution in [0.1, 0.15) is 11.3 Å². The number of aryl methyl sites for hydroxylation is 1. The van der Waals surface area contributed by atoms with Gasteiger partial charge >= 0.3 is 0 Å². The Hall–Kier alpha value is -1.17. The summed E-state index contributed by atoms with van der Waals surface area (Å²) in [6.45, 7) is 4.09. The van der Waals surface area contributed by atoms with Crippen LogP contribution in [0.5, 0.6) is 0 Å². The number of rotatable bonds is 6. The van der Waals surface area contributed by atoms with Gasteiger partial charge in [-0.15, -0.1) is 0 Å². The molecule has 0 saturated heterocycles. The molecule has 0 atom stereocenters. The number of nitrogens with zero attached hydrogens (tertiary/aromatic N) is 2. The Balaban J connectivity index is 1.80. The van der Waals surface area contributed by atoms with E-state index in [2.05, 4.69) is 32.3 Å². The molecule has 1 N–H and O–H groups in total. The van der Waals surface area contributed by atoms with Crippen molar-refractivity contribution in [2.24, 2.45) is 0 Å². The third-order valence-corrected chi connectivity index (χ3v) is 3.98. The second-order valence-electron chi connectivity index (χ2n) is 4.78. The van der Waals surface area contributed by atoms with Gasteiger partial charge in [-0.3, -0.25) is 4.79 Å². The first kappa shape index (κ1) is 16.2. The van der Waals surface area contributed by atoms with E-state index in [-0.39, 0.29) is 5.56 Å². The van der Waals surface area contributed by atoms with Crippen LogP contribution in [0.3, 0.4) is 0 Å². The van der Waals surface area contributed by atoms with Gasteiger partial charge in [0.15, 0.2) is 4.60 Å². The lowest BCUT2D eigenvalue weighted by Crippen LogP contribution is -2.30. The first-order chi connectivity index (χ1) is 10.1. The lowest BCUT2D eigenvalue weighted by atomic mass is 10.1. The van der Waals surface area contributed by atoms with E-state index < -0.39 is 0 Å². The van der Waals surface area contributed by atoms with Gasteiger partial charge in [-0.25, -0.2) is 4.98 Å². The van der Waals surface area contributed by atoms with Crippen LogP contribution in [0, 0.1) is 6.92 Å². The van der Waals surface area contributed by atoms with Gasteiger partial charge in [0.25, 0.3) is 5.56 Å². The van der Waals surface area contributed by atoms with Crippen molar-refractivity contribution >= 4 is 27.5 Å². The number of hydrogen-bond donors (Lipinski definition) is 1. The summed E-state index contributed by atoms with van der Waals surface area (Å²) < 4.78 is 2.07. The van der Waals surface area contributed by atoms with Crippen molar-refractivity contribution in [2.45, 2.75) is 19.9 Å². The average Bonchev–Trinajstić information content (AvgIpc) is 2.46. The van der Waals surface area contributed by atoms with Crippen molar-refractivity contribution in [2.75, 3.05) is 13.1 Å². The highest BCUT2D eigenvalue weighted by atomic mass is 79.9. The first-order valence-electron chi connectivity index (χ1n) is 6.75. The predicted octanol–water partition coefficient (Wildman–Crippen LogP) is 2.80. The fraction of sp³-hybridized carbons (Fsp3) is 0.333. The van der Waals surface area contributed by atoms with Crippen LogP contribution in [0.15, 0.2) is 39.9 Å². The minimum atomic E-state index is -0.0911. The van der Waals surface area contributed by atoms with Gasteiger partial charge < -0.3 is 9.88 Å². The molecule has 1 heterocycles. The quantitative estimate of drug-likeness (QED) is 0.795. The zero-order valence-electron chi connectivity index (χ0n) is 11.8.